The molecule has 0 bridgehead atoms. The highest BCUT2D eigenvalue weighted by Crippen LogP contribution is 2.49. The molecule has 0 aliphatic carbocycles. The first-order chi connectivity index (χ1) is 19.8. The number of rotatable bonds is 8. The van der Waals surface area contributed by atoms with Gasteiger partial charge in [-0.1, -0.05) is 0 Å². The van der Waals surface area contributed by atoms with Gasteiger partial charge in [-0.25, -0.2) is 9.97 Å². The molecule has 1 aliphatic rings. The highest BCUT2D eigenvalue weighted by atomic mass is 19.4. The second-order valence-corrected chi connectivity index (χ2v) is 10.4. The molecule has 3 heterocycles. The Bertz CT molecular complexity index is 1700. The van der Waals surface area contributed by atoms with Gasteiger partial charge in [0, 0.05) is 57.2 Å². The number of carbonyl (C=O) groups is 2. The molecule has 0 spiro atoms. The fourth-order valence-corrected chi connectivity index (χ4v) is 5.08. The van der Waals surface area contributed by atoms with Gasteiger partial charge in [0.15, 0.2) is 0 Å². The van der Waals surface area contributed by atoms with Crippen LogP contribution in [0.25, 0.3) is 11.0 Å². The highest BCUT2D eigenvalue weighted by Gasteiger charge is 2.50. The van der Waals surface area contributed by atoms with Crippen LogP contribution in [0.5, 0.6) is 11.5 Å². The zero-order valence-electron chi connectivity index (χ0n) is 23.6. The molecule has 0 fully saturated rings. The van der Waals surface area contributed by atoms with E-state index in [-0.39, 0.29) is 36.0 Å². The molecule has 220 valence electrons. The van der Waals surface area contributed by atoms with E-state index in [2.05, 4.69) is 20.6 Å². The largest absolute Gasteiger partial charge is 0.457 e. The maximum atomic E-state index is 14.3. The highest BCUT2D eigenvalue weighted by molar-refractivity contribution is 6.08. The van der Waals surface area contributed by atoms with Gasteiger partial charge in [-0.2, -0.15) is 13.2 Å². The topological polar surface area (TPSA) is 111 Å². The van der Waals surface area contributed by atoms with Gasteiger partial charge in [0.05, 0.1) is 34.3 Å². The zero-order chi connectivity index (χ0) is 30.4. The second kappa shape index (κ2) is 10.6. The first kappa shape index (κ1) is 28.9. The molecule has 2 aromatic heterocycles. The molecule has 0 atom stereocenters. The van der Waals surface area contributed by atoms with Crippen molar-refractivity contribution in [3.05, 3.63) is 59.8 Å². The lowest BCUT2D eigenvalue weighted by molar-refractivity contribution is -0.138. The molecule has 1 aliphatic heterocycles. The molecule has 2 amide bonds. The number of ether oxygens (including phenoxy) is 2. The minimum Gasteiger partial charge on any atom is -0.457 e. The quantitative estimate of drug-likeness (QED) is 0.272. The number of alkyl halides is 3. The number of anilines is 4. The van der Waals surface area contributed by atoms with Crippen LogP contribution in [0.1, 0.15) is 31.9 Å². The monoisotopic (exact) mass is 582 g/mol. The van der Waals surface area contributed by atoms with E-state index >= 15 is 0 Å². The molecule has 0 saturated carbocycles. The van der Waals surface area contributed by atoms with Crippen LogP contribution in [0.2, 0.25) is 0 Å². The summed E-state index contributed by atoms with van der Waals surface area (Å²) in [6.45, 7) is 4.67. The van der Waals surface area contributed by atoms with Gasteiger partial charge in [-0.3, -0.25) is 9.59 Å². The van der Waals surface area contributed by atoms with E-state index in [0.717, 1.165) is 6.07 Å². The van der Waals surface area contributed by atoms with Crippen molar-refractivity contribution in [2.24, 2.45) is 7.05 Å². The Morgan fingerprint density at radius 3 is 2.52 bits per heavy atom. The minimum atomic E-state index is -4.69. The Morgan fingerprint density at radius 2 is 1.83 bits per heavy atom. The van der Waals surface area contributed by atoms with E-state index in [1.807, 2.05) is 0 Å². The third kappa shape index (κ3) is 5.34. The molecule has 2 N–H and O–H groups in total. The molecule has 5 rings (SSSR count). The molecule has 0 unspecified atom stereocenters. The molecule has 2 aromatic carbocycles. The van der Waals surface area contributed by atoms with Gasteiger partial charge in [0.1, 0.15) is 17.3 Å². The van der Waals surface area contributed by atoms with Crippen molar-refractivity contribution in [1.29, 1.82) is 0 Å². The fourth-order valence-electron chi connectivity index (χ4n) is 5.08. The summed E-state index contributed by atoms with van der Waals surface area (Å²) >= 11 is 0. The maximum absolute atomic E-state index is 14.3. The van der Waals surface area contributed by atoms with E-state index in [1.54, 1.807) is 41.9 Å². The van der Waals surface area contributed by atoms with Crippen molar-refractivity contribution in [1.82, 2.24) is 14.5 Å². The number of carbonyl (C=O) groups excluding carboxylic acids is 2. The number of imidazole rings is 1. The van der Waals surface area contributed by atoms with E-state index in [4.69, 9.17) is 9.47 Å². The number of nitrogens with one attached hydrogen (secondary N) is 2. The smallest absolute Gasteiger partial charge is 0.416 e. The van der Waals surface area contributed by atoms with Crippen LogP contribution in [0.3, 0.4) is 0 Å². The number of halogens is 3. The molecule has 42 heavy (non-hydrogen) atoms. The Hall–Kier alpha value is -4.65. The number of hydrogen-bond donors (Lipinski definition) is 2. The van der Waals surface area contributed by atoms with Crippen molar-refractivity contribution in [3.8, 4) is 11.5 Å². The minimum absolute atomic E-state index is 0.0637. The Kier molecular flexibility index (Phi) is 7.31. The standard InChI is InChI=1S/C29H29F3N6O4/c1-16(39)34-24-15-19(8-9-33-24)42-18-6-7-21-22(14-18)37(4)27(36-21)35-17-12-20(29(30,31)32)25-23(13-17)38(10-11-41-5)26(40)28(25,2)3/h6-9,12-15H,10-11H2,1-5H3,(H,35,36)(H,33,34,39). The van der Waals surface area contributed by atoms with Crippen molar-refractivity contribution < 1.29 is 32.2 Å². The molecule has 4 aromatic rings. The average molecular weight is 583 g/mol. The number of aryl methyl sites for hydroxylation is 1. The number of pyridine rings is 1. The Balaban J connectivity index is 1.49. The molecule has 0 radical (unpaired) electrons. The maximum Gasteiger partial charge on any atom is 0.416 e. The number of fused-ring (bicyclic) bond motifs is 2. The summed E-state index contributed by atoms with van der Waals surface area (Å²) in [5.74, 6) is 0.863. The first-order valence-electron chi connectivity index (χ1n) is 13.0. The lowest BCUT2D eigenvalue weighted by Crippen LogP contribution is -2.38. The molecular weight excluding hydrogens is 553 g/mol. The average Bonchev–Trinajstić information content (AvgIpc) is 3.31. The van der Waals surface area contributed by atoms with Crippen LogP contribution in [0.15, 0.2) is 48.7 Å². The van der Waals surface area contributed by atoms with Gasteiger partial charge in [0.2, 0.25) is 17.8 Å². The van der Waals surface area contributed by atoms with Crippen molar-refractivity contribution in [2.75, 3.05) is 35.8 Å². The Morgan fingerprint density at radius 1 is 1.10 bits per heavy atom. The zero-order valence-corrected chi connectivity index (χ0v) is 23.6. The van der Waals surface area contributed by atoms with Crippen LogP contribution >= 0.6 is 0 Å². The summed E-state index contributed by atoms with van der Waals surface area (Å²) in [5.41, 5.74) is -0.760. The van der Waals surface area contributed by atoms with Gasteiger partial charge in [0.25, 0.3) is 0 Å². The van der Waals surface area contributed by atoms with E-state index in [1.165, 1.54) is 45.0 Å². The molecular formula is C29H29F3N6O4. The van der Waals surface area contributed by atoms with Crippen LogP contribution in [-0.4, -0.2) is 46.6 Å². The third-order valence-corrected chi connectivity index (χ3v) is 7.02. The number of aromatic nitrogens is 3. The predicted octanol–water partition coefficient (Wildman–Crippen LogP) is 5.75. The van der Waals surface area contributed by atoms with Gasteiger partial charge >= 0.3 is 6.18 Å². The predicted molar refractivity (Wildman–Crippen MR) is 151 cm³/mol. The molecule has 13 heteroatoms. The fraction of sp³-hybridized carbons (Fsp3) is 0.310. The van der Waals surface area contributed by atoms with Gasteiger partial charge < -0.3 is 29.6 Å². The third-order valence-electron chi connectivity index (χ3n) is 7.02. The SMILES string of the molecule is COCCN1C(=O)C(C)(C)c2c1cc(Nc1nc3ccc(Oc4ccnc(NC(C)=O)c4)cc3n1C)cc2C(F)(F)F. The van der Waals surface area contributed by atoms with Crippen LogP contribution in [-0.2, 0) is 33.0 Å². The first-order valence-corrected chi connectivity index (χ1v) is 13.0. The van der Waals surface area contributed by atoms with Crippen LogP contribution in [0, 0.1) is 0 Å². The van der Waals surface area contributed by atoms with E-state index < -0.39 is 23.1 Å². The van der Waals surface area contributed by atoms with Crippen molar-refractivity contribution in [3.63, 3.8) is 0 Å². The van der Waals surface area contributed by atoms with E-state index in [9.17, 15) is 22.8 Å². The number of amides is 2. The lowest BCUT2D eigenvalue weighted by atomic mass is 9.82. The van der Waals surface area contributed by atoms with Crippen molar-refractivity contribution >= 4 is 46.0 Å². The van der Waals surface area contributed by atoms with Crippen LogP contribution in [0.4, 0.5) is 36.3 Å². The number of methoxy groups -OCH3 is 1. The lowest BCUT2D eigenvalue weighted by Gasteiger charge is -2.21. The summed E-state index contributed by atoms with van der Waals surface area (Å²) in [5, 5.41) is 5.60. The number of benzene rings is 2. The van der Waals surface area contributed by atoms with Crippen LogP contribution < -0.4 is 20.3 Å². The van der Waals surface area contributed by atoms with Gasteiger partial charge in [-0.15, -0.1) is 0 Å². The normalized spacial score (nSPS) is 14.3. The van der Waals surface area contributed by atoms with E-state index in [0.29, 0.717) is 34.3 Å². The summed E-state index contributed by atoms with van der Waals surface area (Å²) in [6.07, 6.45) is -3.19. The van der Waals surface area contributed by atoms with Gasteiger partial charge in [-0.05, 0) is 44.2 Å². The number of hydrogen-bond acceptors (Lipinski definition) is 7. The summed E-state index contributed by atoms with van der Waals surface area (Å²) < 4.78 is 55.7. The Labute approximate surface area is 239 Å². The summed E-state index contributed by atoms with van der Waals surface area (Å²) in [6, 6.07) is 10.9. The number of nitrogens with zero attached hydrogens (tertiary/aromatic N) is 4. The molecule has 0 saturated heterocycles. The summed E-state index contributed by atoms with van der Waals surface area (Å²) in [4.78, 5) is 34.5. The second-order valence-electron chi connectivity index (χ2n) is 10.4. The molecule has 10 nitrogen and oxygen atoms in total. The van der Waals surface area contributed by atoms with Crippen molar-refractivity contribution in [2.45, 2.75) is 32.4 Å². The summed E-state index contributed by atoms with van der Waals surface area (Å²) in [7, 11) is 3.19.